The molecule has 0 fully saturated rings. The molecule has 0 spiro atoms. The standard InChI is InChI=1S/C19H18N2O3/c1-24-16-9-5-8-15(12-16)18(22)13-21-19(23)11-10-17(20-21)14-6-3-2-4-7-14/h2-12,18,22H,13H2,1H3. The summed E-state index contributed by atoms with van der Waals surface area (Å²) >= 11 is 0. The highest BCUT2D eigenvalue weighted by Crippen LogP contribution is 2.20. The predicted molar refractivity (Wildman–Crippen MR) is 91.9 cm³/mol. The third-order valence-electron chi connectivity index (χ3n) is 3.76. The molecule has 0 aliphatic rings. The molecule has 122 valence electrons. The Hall–Kier alpha value is -2.92. The van der Waals surface area contributed by atoms with Crippen LogP contribution < -0.4 is 10.3 Å². The van der Waals surface area contributed by atoms with Crippen molar-refractivity contribution in [2.45, 2.75) is 12.6 Å². The van der Waals surface area contributed by atoms with Crippen molar-refractivity contribution in [1.82, 2.24) is 9.78 Å². The van der Waals surface area contributed by atoms with Crippen LogP contribution in [0.3, 0.4) is 0 Å². The fourth-order valence-corrected chi connectivity index (χ4v) is 2.46. The SMILES string of the molecule is COc1cccc(C(O)Cn2nc(-c3ccccc3)ccc2=O)c1. The first-order chi connectivity index (χ1) is 11.7. The van der Waals surface area contributed by atoms with E-state index in [2.05, 4.69) is 5.10 Å². The Morgan fingerprint density at radius 2 is 1.88 bits per heavy atom. The van der Waals surface area contributed by atoms with Gasteiger partial charge in [-0.1, -0.05) is 42.5 Å². The van der Waals surface area contributed by atoms with Gasteiger partial charge >= 0.3 is 0 Å². The lowest BCUT2D eigenvalue weighted by Gasteiger charge is -2.14. The molecule has 0 radical (unpaired) electrons. The van der Waals surface area contributed by atoms with Crippen LogP contribution in [-0.4, -0.2) is 22.0 Å². The highest BCUT2D eigenvalue weighted by atomic mass is 16.5. The number of ether oxygens (including phenoxy) is 1. The summed E-state index contributed by atoms with van der Waals surface area (Å²) in [6.07, 6.45) is -0.851. The fourth-order valence-electron chi connectivity index (χ4n) is 2.46. The van der Waals surface area contributed by atoms with Crippen LogP contribution in [0.4, 0.5) is 0 Å². The molecule has 3 rings (SSSR count). The number of hydrogen-bond acceptors (Lipinski definition) is 4. The van der Waals surface area contributed by atoms with Crippen LogP contribution in [0.25, 0.3) is 11.3 Å². The van der Waals surface area contributed by atoms with E-state index in [9.17, 15) is 9.90 Å². The van der Waals surface area contributed by atoms with Gasteiger partial charge in [0.15, 0.2) is 0 Å². The lowest BCUT2D eigenvalue weighted by atomic mass is 10.1. The quantitative estimate of drug-likeness (QED) is 0.784. The van der Waals surface area contributed by atoms with Gasteiger partial charge in [0.1, 0.15) is 5.75 Å². The van der Waals surface area contributed by atoms with Gasteiger partial charge in [0, 0.05) is 11.6 Å². The van der Waals surface area contributed by atoms with Crippen LogP contribution in [-0.2, 0) is 6.54 Å². The zero-order valence-corrected chi connectivity index (χ0v) is 13.3. The first-order valence-corrected chi connectivity index (χ1v) is 7.63. The van der Waals surface area contributed by atoms with Gasteiger partial charge in [-0.05, 0) is 23.8 Å². The second-order valence-electron chi connectivity index (χ2n) is 5.40. The summed E-state index contributed by atoms with van der Waals surface area (Å²) in [6, 6.07) is 19.9. The molecule has 24 heavy (non-hydrogen) atoms. The van der Waals surface area contributed by atoms with E-state index in [1.54, 1.807) is 37.4 Å². The molecular weight excluding hydrogens is 304 g/mol. The van der Waals surface area contributed by atoms with E-state index in [-0.39, 0.29) is 12.1 Å². The Kier molecular flexibility index (Phi) is 4.72. The molecule has 0 bridgehead atoms. The molecule has 5 heteroatoms. The second-order valence-corrected chi connectivity index (χ2v) is 5.40. The summed E-state index contributed by atoms with van der Waals surface area (Å²) in [5.41, 5.74) is 2.03. The Morgan fingerprint density at radius 3 is 2.62 bits per heavy atom. The van der Waals surface area contributed by atoms with Gasteiger partial charge in [0.05, 0.1) is 25.5 Å². The molecule has 5 nitrogen and oxygen atoms in total. The number of nitrogens with zero attached hydrogens (tertiary/aromatic N) is 2. The van der Waals surface area contributed by atoms with E-state index < -0.39 is 6.10 Å². The average molecular weight is 322 g/mol. The van der Waals surface area contributed by atoms with Crippen molar-refractivity contribution in [3.63, 3.8) is 0 Å². The number of methoxy groups -OCH3 is 1. The number of aromatic nitrogens is 2. The molecule has 0 amide bonds. The van der Waals surface area contributed by atoms with Gasteiger partial charge in [-0.3, -0.25) is 4.79 Å². The molecule has 1 unspecified atom stereocenters. The van der Waals surface area contributed by atoms with Crippen molar-refractivity contribution in [2.75, 3.05) is 7.11 Å². The number of benzene rings is 2. The van der Waals surface area contributed by atoms with Crippen molar-refractivity contribution < 1.29 is 9.84 Å². The van der Waals surface area contributed by atoms with Crippen molar-refractivity contribution in [1.29, 1.82) is 0 Å². The number of aliphatic hydroxyl groups excluding tert-OH is 1. The van der Waals surface area contributed by atoms with Crippen molar-refractivity contribution in [2.24, 2.45) is 0 Å². The normalized spacial score (nSPS) is 11.9. The fraction of sp³-hybridized carbons (Fsp3) is 0.158. The summed E-state index contributed by atoms with van der Waals surface area (Å²) in [5, 5.41) is 14.8. The predicted octanol–water partition coefficient (Wildman–Crippen LogP) is 2.65. The number of hydrogen-bond donors (Lipinski definition) is 1. The summed E-state index contributed by atoms with van der Waals surface area (Å²) in [6.45, 7) is 0.0761. The Balaban J connectivity index is 1.88. The maximum Gasteiger partial charge on any atom is 0.266 e. The van der Waals surface area contributed by atoms with Crippen molar-refractivity contribution in [3.05, 3.63) is 82.6 Å². The number of aliphatic hydroxyl groups is 1. The van der Waals surface area contributed by atoms with Crippen LogP contribution in [0.1, 0.15) is 11.7 Å². The summed E-state index contributed by atoms with van der Waals surface area (Å²) in [5.74, 6) is 0.657. The van der Waals surface area contributed by atoms with Gasteiger partial charge in [0.2, 0.25) is 0 Å². The largest absolute Gasteiger partial charge is 0.497 e. The van der Waals surface area contributed by atoms with Crippen LogP contribution in [0, 0.1) is 0 Å². The number of rotatable bonds is 5. The van der Waals surface area contributed by atoms with E-state index in [4.69, 9.17) is 4.74 Å². The highest BCUT2D eigenvalue weighted by Gasteiger charge is 2.12. The zero-order valence-electron chi connectivity index (χ0n) is 13.3. The van der Waals surface area contributed by atoms with Gasteiger partial charge in [-0.25, -0.2) is 4.68 Å². The summed E-state index contributed by atoms with van der Waals surface area (Å²) in [7, 11) is 1.57. The maximum atomic E-state index is 12.1. The van der Waals surface area contributed by atoms with Crippen LogP contribution >= 0.6 is 0 Å². The summed E-state index contributed by atoms with van der Waals surface area (Å²) in [4.78, 5) is 12.1. The van der Waals surface area contributed by atoms with E-state index in [1.807, 2.05) is 30.3 Å². The minimum absolute atomic E-state index is 0.0761. The van der Waals surface area contributed by atoms with Crippen molar-refractivity contribution in [3.8, 4) is 17.0 Å². The molecule has 1 atom stereocenters. The molecule has 1 heterocycles. The molecule has 0 aliphatic heterocycles. The molecule has 1 N–H and O–H groups in total. The maximum absolute atomic E-state index is 12.1. The van der Waals surface area contributed by atoms with E-state index >= 15 is 0 Å². The first kappa shape index (κ1) is 16.0. The van der Waals surface area contributed by atoms with E-state index in [0.717, 1.165) is 5.56 Å². The van der Waals surface area contributed by atoms with Crippen LogP contribution in [0.5, 0.6) is 5.75 Å². The monoisotopic (exact) mass is 322 g/mol. The van der Waals surface area contributed by atoms with E-state index in [1.165, 1.54) is 10.7 Å². The van der Waals surface area contributed by atoms with Gasteiger partial charge in [-0.2, -0.15) is 5.10 Å². The minimum Gasteiger partial charge on any atom is -0.497 e. The molecule has 1 aromatic heterocycles. The molecular formula is C19H18N2O3. The molecule has 0 saturated heterocycles. The van der Waals surface area contributed by atoms with E-state index in [0.29, 0.717) is 17.0 Å². The first-order valence-electron chi connectivity index (χ1n) is 7.63. The molecule has 2 aromatic carbocycles. The molecule has 3 aromatic rings. The topological polar surface area (TPSA) is 64.3 Å². The third kappa shape index (κ3) is 3.52. The second kappa shape index (κ2) is 7.10. The Bertz CT molecular complexity index is 875. The third-order valence-corrected chi connectivity index (χ3v) is 3.76. The average Bonchev–Trinajstić information content (AvgIpc) is 2.64. The lowest BCUT2D eigenvalue weighted by molar-refractivity contribution is 0.149. The molecule has 0 aliphatic carbocycles. The van der Waals surface area contributed by atoms with Gasteiger partial charge in [0.25, 0.3) is 5.56 Å². The lowest BCUT2D eigenvalue weighted by Crippen LogP contribution is -2.25. The Labute approximate surface area is 139 Å². The Morgan fingerprint density at radius 1 is 1.08 bits per heavy atom. The smallest absolute Gasteiger partial charge is 0.266 e. The zero-order chi connectivity index (χ0) is 16.9. The van der Waals surface area contributed by atoms with Gasteiger partial charge in [-0.15, -0.1) is 0 Å². The van der Waals surface area contributed by atoms with Crippen molar-refractivity contribution >= 4 is 0 Å². The highest BCUT2D eigenvalue weighted by molar-refractivity contribution is 5.57. The minimum atomic E-state index is -0.851. The van der Waals surface area contributed by atoms with Crippen LogP contribution in [0.2, 0.25) is 0 Å². The van der Waals surface area contributed by atoms with Gasteiger partial charge < -0.3 is 9.84 Å². The van der Waals surface area contributed by atoms with Crippen LogP contribution in [0.15, 0.2) is 71.5 Å². The molecule has 0 saturated carbocycles. The summed E-state index contributed by atoms with van der Waals surface area (Å²) < 4.78 is 6.44.